The zero-order valence-electron chi connectivity index (χ0n) is 9.24. The maximum Gasteiger partial charge on any atom is 0.261 e. The number of halogens is 1. The summed E-state index contributed by atoms with van der Waals surface area (Å²) in [6, 6.07) is 5.61. The monoisotopic (exact) mass is 293 g/mol. The molecule has 1 aromatic heterocycles. The Bertz CT molecular complexity index is 635. The van der Waals surface area contributed by atoms with Crippen LogP contribution in [0.3, 0.4) is 0 Å². The SMILES string of the molecule is O=c1c2ccc(Br)cc2nc2n1CCNCC2. The second-order valence-corrected chi connectivity index (χ2v) is 5.06. The van der Waals surface area contributed by atoms with Gasteiger partial charge >= 0.3 is 0 Å². The Morgan fingerprint density at radius 1 is 1.35 bits per heavy atom. The van der Waals surface area contributed by atoms with Crippen molar-refractivity contribution >= 4 is 26.8 Å². The molecule has 0 bridgehead atoms. The summed E-state index contributed by atoms with van der Waals surface area (Å²) in [5, 5.41) is 3.97. The van der Waals surface area contributed by atoms with Gasteiger partial charge in [0.25, 0.3) is 5.56 Å². The maximum absolute atomic E-state index is 12.3. The van der Waals surface area contributed by atoms with Crippen molar-refractivity contribution in [1.29, 1.82) is 0 Å². The average molecular weight is 294 g/mol. The summed E-state index contributed by atoms with van der Waals surface area (Å²) in [5.41, 5.74) is 0.846. The molecule has 1 N–H and O–H groups in total. The van der Waals surface area contributed by atoms with E-state index in [1.807, 2.05) is 18.2 Å². The highest BCUT2D eigenvalue weighted by molar-refractivity contribution is 9.10. The van der Waals surface area contributed by atoms with Crippen molar-refractivity contribution in [3.05, 3.63) is 38.9 Å². The van der Waals surface area contributed by atoms with Gasteiger partial charge in [-0.3, -0.25) is 9.36 Å². The molecule has 17 heavy (non-hydrogen) atoms. The van der Waals surface area contributed by atoms with Crippen LogP contribution >= 0.6 is 15.9 Å². The van der Waals surface area contributed by atoms with Crippen molar-refractivity contribution in [3.63, 3.8) is 0 Å². The standard InChI is InChI=1S/C12H12BrN3O/c13-8-1-2-9-10(7-8)15-11-3-4-14-5-6-16(11)12(9)17/h1-2,7,14H,3-6H2. The lowest BCUT2D eigenvalue weighted by molar-refractivity contribution is 0.627. The van der Waals surface area contributed by atoms with Crippen LogP contribution in [0.2, 0.25) is 0 Å². The smallest absolute Gasteiger partial charge is 0.261 e. The number of nitrogens with one attached hydrogen (secondary N) is 1. The quantitative estimate of drug-likeness (QED) is 0.797. The Morgan fingerprint density at radius 3 is 3.12 bits per heavy atom. The van der Waals surface area contributed by atoms with E-state index in [0.717, 1.165) is 35.3 Å². The normalized spacial score (nSPS) is 15.6. The van der Waals surface area contributed by atoms with E-state index in [1.165, 1.54) is 0 Å². The molecule has 1 aliphatic heterocycles. The maximum atomic E-state index is 12.3. The number of fused-ring (bicyclic) bond motifs is 2. The van der Waals surface area contributed by atoms with Crippen LogP contribution in [0.25, 0.3) is 10.9 Å². The zero-order chi connectivity index (χ0) is 11.8. The Kier molecular flexibility index (Phi) is 2.72. The topological polar surface area (TPSA) is 46.9 Å². The van der Waals surface area contributed by atoms with E-state index < -0.39 is 0 Å². The first-order valence-corrected chi connectivity index (χ1v) is 6.45. The van der Waals surface area contributed by atoms with Gasteiger partial charge in [-0.1, -0.05) is 15.9 Å². The average Bonchev–Trinajstić information content (AvgIpc) is 2.54. The van der Waals surface area contributed by atoms with Gasteiger partial charge in [0.05, 0.1) is 10.9 Å². The van der Waals surface area contributed by atoms with Crippen molar-refractivity contribution in [1.82, 2.24) is 14.9 Å². The van der Waals surface area contributed by atoms with Gasteiger partial charge in [-0.05, 0) is 18.2 Å². The predicted molar refractivity (Wildman–Crippen MR) is 70.3 cm³/mol. The van der Waals surface area contributed by atoms with E-state index in [2.05, 4.69) is 26.2 Å². The zero-order valence-corrected chi connectivity index (χ0v) is 10.8. The van der Waals surface area contributed by atoms with Crippen LogP contribution < -0.4 is 10.9 Å². The first-order valence-electron chi connectivity index (χ1n) is 5.65. The molecule has 0 radical (unpaired) electrons. The molecule has 0 unspecified atom stereocenters. The molecule has 0 aliphatic carbocycles. The Labute approximate surface area is 107 Å². The lowest BCUT2D eigenvalue weighted by Gasteiger charge is -2.09. The van der Waals surface area contributed by atoms with Crippen molar-refractivity contribution in [2.75, 3.05) is 13.1 Å². The predicted octanol–water partition coefficient (Wildman–Crippen LogP) is 1.30. The van der Waals surface area contributed by atoms with Crippen LogP contribution in [0.5, 0.6) is 0 Å². The largest absolute Gasteiger partial charge is 0.315 e. The molecule has 0 atom stereocenters. The summed E-state index contributed by atoms with van der Waals surface area (Å²) in [5.74, 6) is 0.880. The minimum atomic E-state index is 0.0706. The van der Waals surface area contributed by atoms with Gasteiger partial charge in [-0.15, -0.1) is 0 Å². The van der Waals surface area contributed by atoms with E-state index in [0.29, 0.717) is 11.9 Å². The van der Waals surface area contributed by atoms with Gasteiger partial charge in [0.2, 0.25) is 0 Å². The Morgan fingerprint density at radius 2 is 2.24 bits per heavy atom. The molecule has 0 saturated carbocycles. The summed E-state index contributed by atoms with van der Waals surface area (Å²) in [4.78, 5) is 16.9. The molecular formula is C12H12BrN3O. The highest BCUT2D eigenvalue weighted by Gasteiger charge is 2.13. The molecule has 0 amide bonds. The first-order chi connectivity index (χ1) is 8.25. The molecule has 0 fully saturated rings. The highest BCUT2D eigenvalue weighted by atomic mass is 79.9. The molecule has 1 aromatic carbocycles. The molecule has 5 heteroatoms. The van der Waals surface area contributed by atoms with Crippen LogP contribution in [0.1, 0.15) is 5.82 Å². The summed E-state index contributed by atoms with van der Waals surface area (Å²) < 4.78 is 2.74. The second kappa shape index (κ2) is 4.23. The minimum absolute atomic E-state index is 0.0706. The van der Waals surface area contributed by atoms with E-state index in [-0.39, 0.29) is 5.56 Å². The third-order valence-electron chi connectivity index (χ3n) is 3.03. The van der Waals surface area contributed by atoms with E-state index in [1.54, 1.807) is 4.57 Å². The fourth-order valence-corrected chi connectivity index (χ4v) is 2.53. The van der Waals surface area contributed by atoms with Crippen molar-refractivity contribution in [2.45, 2.75) is 13.0 Å². The first kappa shape index (κ1) is 10.9. The van der Waals surface area contributed by atoms with Gasteiger partial charge in [-0.25, -0.2) is 4.98 Å². The van der Waals surface area contributed by atoms with Crippen molar-refractivity contribution in [2.24, 2.45) is 0 Å². The van der Waals surface area contributed by atoms with Crippen molar-refractivity contribution < 1.29 is 0 Å². The van der Waals surface area contributed by atoms with E-state index in [4.69, 9.17) is 0 Å². The summed E-state index contributed by atoms with van der Waals surface area (Å²) in [6.45, 7) is 2.41. The summed E-state index contributed by atoms with van der Waals surface area (Å²) >= 11 is 3.41. The number of hydrogen-bond acceptors (Lipinski definition) is 3. The molecule has 0 saturated heterocycles. The molecule has 3 rings (SSSR count). The minimum Gasteiger partial charge on any atom is -0.315 e. The fourth-order valence-electron chi connectivity index (χ4n) is 2.18. The lowest BCUT2D eigenvalue weighted by atomic mass is 10.2. The fraction of sp³-hybridized carbons (Fsp3) is 0.333. The summed E-state index contributed by atoms with van der Waals surface area (Å²) in [6.07, 6.45) is 0.803. The number of aromatic nitrogens is 2. The third kappa shape index (κ3) is 1.89. The molecule has 0 spiro atoms. The van der Waals surface area contributed by atoms with E-state index >= 15 is 0 Å². The van der Waals surface area contributed by atoms with E-state index in [9.17, 15) is 4.79 Å². The molecule has 2 aromatic rings. The molecule has 1 aliphatic rings. The number of hydrogen-bond donors (Lipinski definition) is 1. The van der Waals surface area contributed by atoms with Gasteiger partial charge in [-0.2, -0.15) is 0 Å². The number of benzene rings is 1. The molecule has 4 nitrogen and oxygen atoms in total. The summed E-state index contributed by atoms with van der Waals surface area (Å²) in [7, 11) is 0. The van der Waals surface area contributed by atoms with Crippen LogP contribution in [0, 0.1) is 0 Å². The van der Waals surface area contributed by atoms with Crippen LogP contribution in [0.15, 0.2) is 27.5 Å². The van der Waals surface area contributed by atoms with Gasteiger partial charge in [0, 0.05) is 30.5 Å². The Hall–Kier alpha value is -1.20. The van der Waals surface area contributed by atoms with Crippen molar-refractivity contribution in [3.8, 4) is 0 Å². The lowest BCUT2D eigenvalue weighted by Crippen LogP contribution is -2.26. The van der Waals surface area contributed by atoms with Crippen LogP contribution in [-0.4, -0.2) is 22.6 Å². The second-order valence-electron chi connectivity index (χ2n) is 4.15. The Balaban J connectivity index is 2.33. The van der Waals surface area contributed by atoms with Crippen LogP contribution in [0.4, 0.5) is 0 Å². The molecule has 88 valence electrons. The molecule has 2 heterocycles. The van der Waals surface area contributed by atoms with Gasteiger partial charge in [0.1, 0.15) is 5.82 Å². The highest BCUT2D eigenvalue weighted by Crippen LogP contribution is 2.16. The van der Waals surface area contributed by atoms with Crippen LogP contribution in [-0.2, 0) is 13.0 Å². The van der Waals surface area contributed by atoms with Gasteiger partial charge in [0.15, 0.2) is 0 Å². The third-order valence-corrected chi connectivity index (χ3v) is 3.53. The number of nitrogens with zero attached hydrogens (tertiary/aromatic N) is 2. The van der Waals surface area contributed by atoms with Gasteiger partial charge < -0.3 is 5.32 Å². The number of rotatable bonds is 0. The molecular weight excluding hydrogens is 282 g/mol.